The minimum atomic E-state index is -0.411. The van der Waals surface area contributed by atoms with Crippen molar-refractivity contribution in [3.63, 3.8) is 0 Å². The minimum absolute atomic E-state index is 0.0415. The van der Waals surface area contributed by atoms with Crippen LogP contribution in [0.5, 0.6) is 5.75 Å². The van der Waals surface area contributed by atoms with Gasteiger partial charge < -0.3 is 4.74 Å². The van der Waals surface area contributed by atoms with Gasteiger partial charge in [0.05, 0.1) is 16.4 Å². The third kappa shape index (κ3) is 4.64. The van der Waals surface area contributed by atoms with E-state index in [9.17, 15) is 10.1 Å². The summed E-state index contributed by atoms with van der Waals surface area (Å²) in [6, 6.07) is 10.2. The molecule has 138 valence electrons. The van der Waals surface area contributed by atoms with Crippen LogP contribution in [0.15, 0.2) is 36.4 Å². The molecule has 1 unspecified atom stereocenters. The number of nitrogens with zero attached hydrogens (tertiary/aromatic N) is 1. The van der Waals surface area contributed by atoms with Crippen molar-refractivity contribution < 1.29 is 14.7 Å². The summed E-state index contributed by atoms with van der Waals surface area (Å²) in [6.45, 7) is 3.93. The number of hydrogen-bond donors (Lipinski definition) is 3. The van der Waals surface area contributed by atoms with Gasteiger partial charge in [-0.1, -0.05) is 12.1 Å². The Labute approximate surface area is 156 Å². The minimum Gasteiger partial charge on any atom is -0.488 e. The van der Waals surface area contributed by atoms with Crippen LogP contribution in [0, 0.1) is 24.0 Å². The first-order chi connectivity index (χ1) is 12.3. The molecule has 0 saturated heterocycles. The van der Waals surface area contributed by atoms with E-state index in [4.69, 9.17) is 27.8 Å². The third-order valence-corrected chi connectivity index (χ3v) is 4.25. The molecule has 0 aliphatic carbocycles. The van der Waals surface area contributed by atoms with E-state index in [0.29, 0.717) is 17.2 Å². The van der Waals surface area contributed by atoms with E-state index < -0.39 is 4.92 Å². The highest BCUT2D eigenvalue weighted by Gasteiger charge is 2.17. The number of alkyl halides is 1. The highest BCUT2D eigenvalue weighted by atomic mass is 35.5. The van der Waals surface area contributed by atoms with Crippen LogP contribution < -0.4 is 21.2 Å². The molecule has 0 spiro atoms. The number of rotatable bonds is 7. The molecule has 0 bridgehead atoms. The Morgan fingerprint density at radius 1 is 1.27 bits per heavy atom. The summed E-state index contributed by atoms with van der Waals surface area (Å²) in [4.78, 5) is 13.6. The van der Waals surface area contributed by atoms with Crippen LogP contribution in [0.25, 0.3) is 0 Å². The number of nitrogens with one attached hydrogen (secondary N) is 1. The maximum Gasteiger partial charge on any atom is 0.339 e. The predicted octanol–water partition coefficient (Wildman–Crippen LogP) is 1.42. The average Bonchev–Trinajstić information content (AvgIpc) is 2.58. The maximum absolute atomic E-state index is 11.1. The van der Waals surface area contributed by atoms with Crippen molar-refractivity contribution in [1.82, 2.24) is 0 Å². The fourth-order valence-electron chi connectivity index (χ4n) is 2.79. The number of para-hydroxylation sites is 1. The molecule has 1 atom stereocenters. The van der Waals surface area contributed by atoms with E-state index in [1.165, 1.54) is 6.07 Å². The number of hydrogen-bond acceptors (Lipinski definition) is 3. The number of benzene rings is 2. The summed E-state index contributed by atoms with van der Waals surface area (Å²) in [7, 11) is 0. The lowest BCUT2D eigenvalue weighted by atomic mass is 10.0. The molecule has 5 N–H and O–H groups in total. The Morgan fingerprint density at radius 3 is 2.42 bits per heavy atom. The molecule has 0 heterocycles. The van der Waals surface area contributed by atoms with Gasteiger partial charge in [-0.05, 0) is 48.7 Å². The summed E-state index contributed by atoms with van der Waals surface area (Å²) in [5.74, 6) is 1.08. The summed E-state index contributed by atoms with van der Waals surface area (Å²) in [5.41, 5.74) is 14.3. The second-order valence-corrected chi connectivity index (χ2v) is 6.27. The molecule has 8 heteroatoms. The lowest BCUT2D eigenvalue weighted by molar-refractivity contribution is -0.505. The van der Waals surface area contributed by atoms with Gasteiger partial charge in [0.2, 0.25) is 0 Å². The standard InChI is InChI=1S/C18H21ClN4O3/c1-11-7-14(15(9-19)22-18(20)21)8-12(2)17(11)26-10-13-5-3-4-6-16(13)23(24)25/h3-8,15H,9-10H2,1-2H3,(H4,20,21,22)/p+1. The van der Waals surface area contributed by atoms with Crippen LogP contribution >= 0.6 is 11.6 Å². The normalized spacial score (nSPS) is 11.7. The van der Waals surface area contributed by atoms with Gasteiger partial charge in [0, 0.05) is 6.07 Å². The second kappa shape index (κ2) is 8.53. The zero-order valence-corrected chi connectivity index (χ0v) is 15.4. The first-order valence-electron chi connectivity index (χ1n) is 8.00. The van der Waals surface area contributed by atoms with Crippen LogP contribution in [0.2, 0.25) is 0 Å². The fraction of sp³-hybridized carbons (Fsp3) is 0.278. The molecule has 0 fully saturated rings. The number of aryl methyl sites for hydroxylation is 2. The van der Waals surface area contributed by atoms with Crippen LogP contribution in [0.4, 0.5) is 5.69 Å². The molecule has 2 aromatic rings. The lowest BCUT2D eigenvalue weighted by Crippen LogP contribution is -2.79. The van der Waals surface area contributed by atoms with Crippen molar-refractivity contribution in [3.8, 4) is 5.75 Å². The molecule has 0 aliphatic heterocycles. The number of ether oxygens (including phenoxy) is 1. The van der Waals surface area contributed by atoms with Gasteiger partial charge in [-0.3, -0.25) is 26.6 Å². The van der Waals surface area contributed by atoms with Crippen LogP contribution in [0.1, 0.15) is 28.3 Å². The molecule has 2 aromatic carbocycles. The van der Waals surface area contributed by atoms with E-state index >= 15 is 0 Å². The van der Waals surface area contributed by atoms with Crippen molar-refractivity contribution in [1.29, 1.82) is 0 Å². The van der Waals surface area contributed by atoms with E-state index in [1.807, 2.05) is 26.0 Å². The summed E-state index contributed by atoms with van der Waals surface area (Å²) < 4.78 is 5.88. The fourth-order valence-corrected chi connectivity index (χ4v) is 3.04. The Hall–Kier alpha value is -2.80. The zero-order chi connectivity index (χ0) is 19.3. The Bertz CT molecular complexity index is 812. The summed E-state index contributed by atoms with van der Waals surface area (Å²) in [6.07, 6.45) is 0. The monoisotopic (exact) mass is 377 g/mol. The molecule has 0 aromatic heterocycles. The topological polar surface area (TPSA) is 118 Å². The molecular weight excluding hydrogens is 356 g/mol. The average molecular weight is 378 g/mol. The highest BCUT2D eigenvalue weighted by molar-refractivity contribution is 6.18. The quantitative estimate of drug-likeness (QED) is 0.222. The smallest absolute Gasteiger partial charge is 0.339 e. The van der Waals surface area contributed by atoms with Crippen molar-refractivity contribution in [2.24, 2.45) is 11.5 Å². The molecule has 0 amide bonds. The SMILES string of the molecule is Cc1cc(C(CCl)[NH+]=C(N)N)cc(C)c1OCc1ccccc1[N+](=O)[O-]. The molecule has 2 rings (SSSR count). The molecule has 26 heavy (non-hydrogen) atoms. The van der Waals surface area contributed by atoms with Gasteiger partial charge in [0.1, 0.15) is 18.4 Å². The number of halogens is 1. The van der Waals surface area contributed by atoms with Gasteiger partial charge in [-0.25, -0.2) is 0 Å². The lowest BCUT2D eigenvalue weighted by Gasteiger charge is -2.16. The molecular formula is C18H22ClN4O3+. The number of nitro groups is 1. The van der Waals surface area contributed by atoms with E-state index in [-0.39, 0.29) is 24.3 Å². The zero-order valence-electron chi connectivity index (χ0n) is 14.7. The van der Waals surface area contributed by atoms with E-state index in [0.717, 1.165) is 16.7 Å². The Kier molecular flexibility index (Phi) is 6.41. The van der Waals surface area contributed by atoms with Crippen LogP contribution in [-0.4, -0.2) is 16.8 Å². The number of guanidine groups is 1. The van der Waals surface area contributed by atoms with E-state index in [1.54, 1.807) is 18.2 Å². The number of nitro benzene ring substituents is 1. The van der Waals surface area contributed by atoms with Gasteiger partial charge in [-0.2, -0.15) is 0 Å². The first kappa shape index (κ1) is 19.5. The predicted molar refractivity (Wildman–Crippen MR) is 101 cm³/mol. The molecule has 0 aliphatic rings. The highest BCUT2D eigenvalue weighted by Crippen LogP contribution is 2.29. The summed E-state index contributed by atoms with van der Waals surface area (Å²) in [5, 5.41) is 11.1. The van der Waals surface area contributed by atoms with Crippen LogP contribution in [-0.2, 0) is 6.61 Å². The van der Waals surface area contributed by atoms with Crippen LogP contribution in [0.3, 0.4) is 0 Å². The van der Waals surface area contributed by atoms with Crippen molar-refractivity contribution in [3.05, 3.63) is 68.8 Å². The van der Waals surface area contributed by atoms with E-state index in [2.05, 4.69) is 4.99 Å². The molecule has 7 nitrogen and oxygen atoms in total. The van der Waals surface area contributed by atoms with Gasteiger partial charge in [0.25, 0.3) is 5.69 Å². The van der Waals surface area contributed by atoms with Crippen molar-refractivity contribution in [2.75, 3.05) is 5.88 Å². The first-order valence-corrected chi connectivity index (χ1v) is 8.53. The van der Waals surface area contributed by atoms with Gasteiger partial charge in [0.15, 0.2) is 0 Å². The number of nitrogens with two attached hydrogens (primary N) is 2. The van der Waals surface area contributed by atoms with Crippen molar-refractivity contribution >= 4 is 23.2 Å². The maximum atomic E-state index is 11.1. The Morgan fingerprint density at radius 2 is 1.88 bits per heavy atom. The van der Waals surface area contributed by atoms with Gasteiger partial charge in [-0.15, -0.1) is 11.6 Å². The molecule has 0 radical (unpaired) electrons. The van der Waals surface area contributed by atoms with Gasteiger partial charge >= 0.3 is 5.96 Å². The van der Waals surface area contributed by atoms with Crippen molar-refractivity contribution in [2.45, 2.75) is 26.5 Å². The Balaban J connectivity index is 2.27. The summed E-state index contributed by atoms with van der Waals surface area (Å²) >= 11 is 6.00. The largest absolute Gasteiger partial charge is 0.488 e. The third-order valence-electron chi connectivity index (χ3n) is 3.94. The molecule has 0 saturated carbocycles. The second-order valence-electron chi connectivity index (χ2n) is 5.96.